The fourth-order valence-corrected chi connectivity index (χ4v) is 4.76. The number of thiocarbonyl (C=S) groups is 1. The van der Waals surface area contributed by atoms with Crippen molar-refractivity contribution < 1.29 is 17.6 Å². The maximum atomic E-state index is 13.3. The Balaban J connectivity index is 1.66. The van der Waals surface area contributed by atoms with Gasteiger partial charge in [0.1, 0.15) is 6.67 Å². The average Bonchev–Trinajstić information content (AvgIpc) is 2.90. The third-order valence-electron chi connectivity index (χ3n) is 5.17. The lowest BCUT2D eigenvalue weighted by atomic mass is 10.2. The van der Waals surface area contributed by atoms with Crippen molar-refractivity contribution in [3.8, 4) is 0 Å². The molecule has 1 amide bonds. The second-order valence-corrected chi connectivity index (χ2v) is 10.3. The zero-order valence-electron chi connectivity index (χ0n) is 19.7. The molecule has 38 heavy (non-hydrogen) atoms. The maximum absolute atomic E-state index is 13.3. The van der Waals surface area contributed by atoms with Crippen LogP contribution in [0.3, 0.4) is 0 Å². The molecule has 4 N–H and O–H groups in total. The largest absolute Gasteiger partial charge is 0.336 e. The number of rotatable bonds is 11. The molecule has 0 bridgehead atoms. The first-order valence-corrected chi connectivity index (χ1v) is 13.6. The van der Waals surface area contributed by atoms with Crippen LogP contribution >= 0.6 is 23.8 Å². The molecule has 4 rings (SSSR count). The smallest absolute Gasteiger partial charge is 0.263 e. The molecular weight excluding hydrogens is 551 g/mol. The molecule has 196 valence electrons. The van der Waals surface area contributed by atoms with Crippen LogP contribution in [-0.4, -0.2) is 49.4 Å². The van der Waals surface area contributed by atoms with Gasteiger partial charge in [-0.3, -0.25) is 9.52 Å². The Kier molecular flexibility index (Phi) is 8.79. The first-order chi connectivity index (χ1) is 18.3. The first kappa shape index (κ1) is 27.3. The normalized spacial score (nSPS) is 11.2. The van der Waals surface area contributed by atoms with Crippen molar-refractivity contribution in [2.24, 2.45) is 0 Å². The molecule has 0 aliphatic carbocycles. The Morgan fingerprint density at radius 2 is 1.74 bits per heavy atom. The molecule has 0 aliphatic rings. The average molecular weight is 573 g/mol. The Labute approximate surface area is 228 Å². The van der Waals surface area contributed by atoms with Gasteiger partial charge in [0.2, 0.25) is 5.91 Å². The molecule has 0 saturated carbocycles. The summed E-state index contributed by atoms with van der Waals surface area (Å²) in [4.78, 5) is 21.0. The number of halogens is 2. The standard InChI is InChI=1S/C25H22ClFN6O3S2/c26-19-9-8-16(15-37)12-22(19)32-24-25(31-21-7-2-1-6-20(21)30-24)33-38(35,36)18-5-3-4-17(13-18)29-23(34)14-28-11-10-27/h1-9,12-13,15,28H,10-11,14H2,(H,29,34)(H,30,32)(H,31,33). The summed E-state index contributed by atoms with van der Waals surface area (Å²) in [6.07, 6.45) is 0. The van der Waals surface area contributed by atoms with E-state index in [1.807, 2.05) is 0 Å². The van der Waals surface area contributed by atoms with Crippen LogP contribution < -0.4 is 20.7 Å². The number of anilines is 4. The van der Waals surface area contributed by atoms with Gasteiger partial charge in [-0.2, -0.15) is 0 Å². The van der Waals surface area contributed by atoms with Gasteiger partial charge in [0.05, 0.1) is 33.2 Å². The fraction of sp³-hybridized carbons (Fsp3) is 0.120. The summed E-state index contributed by atoms with van der Waals surface area (Å²) < 4.78 is 41.4. The van der Waals surface area contributed by atoms with E-state index < -0.39 is 22.6 Å². The number of amides is 1. The van der Waals surface area contributed by atoms with Crippen molar-refractivity contribution in [3.05, 3.63) is 77.3 Å². The molecule has 0 radical (unpaired) electrons. The highest BCUT2D eigenvalue weighted by Gasteiger charge is 2.20. The summed E-state index contributed by atoms with van der Waals surface area (Å²) in [5.74, 6) is -0.375. The molecule has 0 spiro atoms. The number of benzene rings is 3. The van der Waals surface area contributed by atoms with E-state index in [1.54, 1.807) is 48.5 Å². The van der Waals surface area contributed by atoms with Crippen LogP contribution in [0.1, 0.15) is 5.56 Å². The summed E-state index contributed by atoms with van der Waals surface area (Å²) in [6.45, 7) is -0.686. The van der Waals surface area contributed by atoms with Crippen LogP contribution in [0.2, 0.25) is 5.02 Å². The fourth-order valence-electron chi connectivity index (χ4n) is 3.40. The number of hydrogen-bond donors (Lipinski definition) is 4. The Hall–Kier alpha value is -3.71. The summed E-state index contributed by atoms with van der Waals surface area (Å²) in [5, 5.41) is 10.1. The van der Waals surface area contributed by atoms with E-state index in [-0.39, 0.29) is 35.3 Å². The molecule has 1 aromatic heterocycles. The number of carbonyl (C=O) groups is 1. The summed E-state index contributed by atoms with van der Waals surface area (Å²) >= 11 is 11.4. The number of para-hydroxylation sites is 2. The van der Waals surface area contributed by atoms with Crippen molar-refractivity contribution in [1.82, 2.24) is 15.3 Å². The number of hydrogen-bond acceptors (Lipinski definition) is 8. The van der Waals surface area contributed by atoms with E-state index in [1.165, 1.54) is 23.6 Å². The predicted octanol–water partition coefficient (Wildman–Crippen LogP) is 4.67. The number of nitrogens with zero attached hydrogens (tertiary/aromatic N) is 2. The molecule has 0 atom stereocenters. The van der Waals surface area contributed by atoms with Gasteiger partial charge < -0.3 is 16.0 Å². The van der Waals surface area contributed by atoms with E-state index in [4.69, 9.17) is 23.8 Å². The van der Waals surface area contributed by atoms with Gasteiger partial charge >= 0.3 is 0 Å². The molecule has 1 heterocycles. The summed E-state index contributed by atoms with van der Waals surface area (Å²) in [7, 11) is -4.16. The molecule has 0 unspecified atom stereocenters. The zero-order chi connectivity index (χ0) is 27.1. The zero-order valence-corrected chi connectivity index (χ0v) is 22.1. The first-order valence-electron chi connectivity index (χ1n) is 11.3. The van der Waals surface area contributed by atoms with E-state index in [9.17, 15) is 17.6 Å². The topological polar surface area (TPSA) is 125 Å². The Morgan fingerprint density at radius 1 is 1.00 bits per heavy atom. The second kappa shape index (κ2) is 12.2. The van der Waals surface area contributed by atoms with Gasteiger partial charge in [-0.05, 0) is 48.0 Å². The minimum Gasteiger partial charge on any atom is -0.336 e. The van der Waals surface area contributed by atoms with Crippen LogP contribution in [-0.2, 0) is 14.8 Å². The molecule has 0 fully saturated rings. The quantitative estimate of drug-likeness (QED) is 0.151. The van der Waals surface area contributed by atoms with E-state index in [2.05, 4.69) is 30.6 Å². The van der Waals surface area contributed by atoms with Gasteiger partial charge in [-0.15, -0.1) is 0 Å². The molecule has 13 heteroatoms. The van der Waals surface area contributed by atoms with E-state index in [0.717, 1.165) is 5.56 Å². The molecule has 3 aromatic carbocycles. The number of nitrogens with one attached hydrogen (secondary N) is 4. The predicted molar refractivity (Wildman–Crippen MR) is 152 cm³/mol. The lowest BCUT2D eigenvalue weighted by Gasteiger charge is -2.15. The van der Waals surface area contributed by atoms with E-state index >= 15 is 0 Å². The Bertz CT molecular complexity index is 1600. The molecule has 0 saturated heterocycles. The van der Waals surface area contributed by atoms with Gasteiger partial charge in [-0.25, -0.2) is 22.8 Å². The van der Waals surface area contributed by atoms with Crippen molar-refractivity contribution >= 4 is 79.2 Å². The number of fused-ring (bicyclic) bond motifs is 1. The van der Waals surface area contributed by atoms with Crippen LogP contribution in [0.25, 0.3) is 11.0 Å². The SMILES string of the molecule is O=C(CNCCF)Nc1cccc(S(=O)(=O)Nc2nc3ccccc3nc2Nc2cc(C=S)ccc2Cl)c1. The lowest BCUT2D eigenvalue weighted by molar-refractivity contribution is -0.115. The minimum absolute atomic E-state index is 0.0376. The number of sulfonamides is 1. The molecule has 4 aromatic rings. The third kappa shape index (κ3) is 6.78. The highest BCUT2D eigenvalue weighted by atomic mass is 35.5. The second-order valence-electron chi connectivity index (χ2n) is 7.94. The molecular formula is C25H22ClFN6O3S2. The van der Waals surface area contributed by atoms with Crippen LogP contribution in [0.15, 0.2) is 71.6 Å². The van der Waals surface area contributed by atoms with E-state index in [0.29, 0.717) is 21.7 Å². The van der Waals surface area contributed by atoms with Crippen LogP contribution in [0.4, 0.5) is 27.4 Å². The summed E-state index contributed by atoms with van der Waals surface area (Å²) in [5.41, 5.74) is 2.44. The number of aromatic nitrogens is 2. The highest BCUT2D eigenvalue weighted by molar-refractivity contribution is 7.92. The van der Waals surface area contributed by atoms with Crippen LogP contribution in [0.5, 0.6) is 0 Å². The van der Waals surface area contributed by atoms with Crippen molar-refractivity contribution in [2.75, 3.05) is 35.1 Å². The van der Waals surface area contributed by atoms with Crippen molar-refractivity contribution in [1.29, 1.82) is 0 Å². The maximum Gasteiger partial charge on any atom is 0.263 e. The number of carbonyl (C=O) groups excluding carboxylic acids is 1. The van der Waals surface area contributed by atoms with Crippen LogP contribution in [0, 0.1) is 0 Å². The molecule has 9 nitrogen and oxygen atoms in total. The lowest BCUT2D eigenvalue weighted by Crippen LogP contribution is -2.29. The van der Waals surface area contributed by atoms with Gasteiger partial charge in [0, 0.05) is 17.6 Å². The van der Waals surface area contributed by atoms with Crippen molar-refractivity contribution in [3.63, 3.8) is 0 Å². The minimum atomic E-state index is -4.16. The third-order valence-corrected chi connectivity index (χ3v) is 7.10. The van der Waals surface area contributed by atoms with Gasteiger partial charge in [0.15, 0.2) is 11.6 Å². The summed E-state index contributed by atoms with van der Waals surface area (Å²) in [6, 6.07) is 17.8. The van der Waals surface area contributed by atoms with Crippen molar-refractivity contribution in [2.45, 2.75) is 4.90 Å². The Morgan fingerprint density at radius 3 is 2.45 bits per heavy atom. The van der Waals surface area contributed by atoms with Gasteiger partial charge in [-0.1, -0.05) is 48.1 Å². The number of alkyl halides is 1. The molecule has 0 aliphatic heterocycles. The van der Waals surface area contributed by atoms with Gasteiger partial charge in [0.25, 0.3) is 10.0 Å². The monoisotopic (exact) mass is 572 g/mol. The highest BCUT2D eigenvalue weighted by Crippen LogP contribution is 2.31.